The molecule has 1 fully saturated rings. The molecule has 26 heavy (non-hydrogen) atoms. The smallest absolute Gasteiger partial charge is 0.240 e. The Bertz CT molecular complexity index is 747. The number of aromatic nitrogens is 2. The number of likely N-dealkylation sites (tertiary alicyclic amines) is 1. The SMILES string of the molecule is C[C@H](C(=O)N1CCc2nc(-c3ccccc3)[nH]c2C1)N1CCCCCC1. The first-order valence-corrected chi connectivity index (χ1v) is 9.88. The van der Waals surface area contributed by atoms with Crippen molar-refractivity contribution in [1.29, 1.82) is 0 Å². The molecule has 2 aliphatic rings. The van der Waals surface area contributed by atoms with Gasteiger partial charge in [0.25, 0.3) is 0 Å². The molecule has 5 heteroatoms. The van der Waals surface area contributed by atoms with Gasteiger partial charge in [0, 0.05) is 18.5 Å². The molecule has 2 aliphatic heterocycles. The molecule has 0 saturated carbocycles. The van der Waals surface area contributed by atoms with Crippen LogP contribution in [0, 0.1) is 0 Å². The van der Waals surface area contributed by atoms with E-state index in [1.165, 1.54) is 25.7 Å². The summed E-state index contributed by atoms with van der Waals surface area (Å²) in [6, 6.07) is 10.2. The second kappa shape index (κ2) is 7.62. The van der Waals surface area contributed by atoms with Gasteiger partial charge in [0.2, 0.25) is 5.91 Å². The monoisotopic (exact) mass is 352 g/mol. The number of fused-ring (bicyclic) bond motifs is 1. The van der Waals surface area contributed by atoms with Crippen LogP contribution in [-0.4, -0.2) is 51.4 Å². The fourth-order valence-electron chi connectivity index (χ4n) is 4.12. The number of rotatable bonds is 3. The number of benzene rings is 1. The highest BCUT2D eigenvalue weighted by Gasteiger charge is 2.30. The summed E-state index contributed by atoms with van der Waals surface area (Å²) in [5, 5.41) is 0. The number of nitrogens with zero attached hydrogens (tertiary/aromatic N) is 3. The van der Waals surface area contributed by atoms with Crippen LogP contribution in [0.25, 0.3) is 11.4 Å². The highest BCUT2D eigenvalue weighted by atomic mass is 16.2. The molecule has 2 aromatic rings. The minimum atomic E-state index is -0.0221. The summed E-state index contributed by atoms with van der Waals surface area (Å²) in [6.45, 7) is 5.59. The summed E-state index contributed by atoms with van der Waals surface area (Å²) in [6.07, 6.45) is 5.84. The lowest BCUT2D eigenvalue weighted by Crippen LogP contribution is -2.48. The van der Waals surface area contributed by atoms with E-state index in [1.54, 1.807) is 0 Å². The summed E-state index contributed by atoms with van der Waals surface area (Å²) in [5.41, 5.74) is 3.29. The molecular formula is C21H28N4O. The highest BCUT2D eigenvalue weighted by Crippen LogP contribution is 2.24. The van der Waals surface area contributed by atoms with Gasteiger partial charge >= 0.3 is 0 Å². The van der Waals surface area contributed by atoms with Crippen LogP contribution in [0.2, 0.25) is 0 Å². The van der Waals surface area contributed by atoms with Gasteiger partial charge in [-0.1, -0.05) is 43.2 Å². The van der Waals surface area contributed by atoms with Crippen molar-refractivity contribution in [2.45, 2.75) is 51.6 Å². The Hall–Kier alpha value is -2.14. The number of aromatic amines is 1. The van der Waals surface area contributed by atoms with Gasteiger partial charge in [-0.15, -0.1) is 0 Å². The van der Waals surface area contributed by atoms with E-state index in [4.69, 9.17) is 4.98 Å². The first kappa shape index (κ1) is 17.3. The maximum absolute atomic E-state index is 13.0. The summed E-state index contributed by atoms with van der Waals surface area (Å²) < 4.78 is 0. The van der Waals surface area contributed by atoms with Gasteiger partial charge < -0.3 is 9.88 Å². The van der Waals surface area contributed by atoms with Gasteiger partial charge in [0.05, 0.1) is 24.0 Å². The third kappa shape index (κ3) is 3.54. The number of hydrogen-bond acceptors (Lipinski definition) is 3. The molecule has 1 N–H and O–H groups in total. The average Bonchev–Trinajstić information content (AvgIpc) is 2.92. The first-order valence-electron chi connectivity index (χ1n) is 9.88. The molecule has 138 valence electrons. The van der Waals surface area contributed by atoms with Crippen LogP contribution in [-0.2, 0) is 17.8 Å². The molecule has 0 radical (unpaired) electrons. The predicted molar refractivity (Wildman–Crippen MR) is 103 cm³/mol. The number of H-pyrrole nitrogens is 1. The lowest BCUT2D eigenvalue weighted by atomic mass is 10.1. The molecule has 1 atom stereocenters. The Kier molecular flexibility index (Phi) is 5.07. The lowest BCUT2D eigenvalue weighted by Gasteiger charge is -2.33. The van der Waals surface area contributed by atoms with E-state index >= 15 is 0 Å². The van der Waals surface area contributed by atoms with Crippen LogP contribution in [0.15, 0.2) is 30.3 Å². The van der Waals surface area contributed by atoms with Gasteiger partial charge in [0.15, 0.2) is 0 Å². The van der Waals surface area contributed by atoms with E-state index in [2.05, 4.69) is 28.9 Å². The second-order valence-electron chi connectivity index (χ2n) is 7.51. The van der Waals surface area contributed by atoms with E-state index in [9.17, 15) is 4.79 Å². The first-order chi connectivity index (χ1) is 12.7. The Morgan fingerprint density at radius 2 is 1.81 bits per heavy atom. The quantitative estimate of drug-likeness (QED) is 0.923. The standard InChI is InChI=1S/C21H28N4O/c1-16(24-12-7-2-3-8-13-24)21(26)25-14-11-18-19(15-25)23-20(22-18)17-9-5-4-6-10-17/h4-6,9-10,16H,2-3,7-8,11-15H2,1H3,(H,22,23)/t16-/m1/s1. The van der Waals surface area contributed by atoms with E-state index in [0.29, 0.717) is 6.54 Å². The molecule has 0 bridgehead atoms. The molecule has 5 nitrogen and oxygen atoms in total. The largest absolute Gasteiger partial charge is 0.340 e. The number of imidazole rings is 1. The number of carbonyl (C=O) groups is 1. The van der Waals surface area contributed by atoms with Crippen LogP contribution in [0.3, 0.4) is 0 Å². The fourth-order valence-corrected chi connectivity index (χ4v) is 4.12. The minimum absolute atomic E-state index is 0.0221. The summed E-state index contributed by atoms with van der Waals surface area (Å²) in [7, 11) is 0. The summed E-state index contributed by atoms with van der Waals surface area (Å²) in [5.74, 6) is 1.17. The van der Waals surface area contributed by atoms with Crippen molar-refractivity contribution in [2.24, 2.45) is 0 Å². The summed E-state index contributed by atoms with van der Waals surface area (Å²) in [4.78, 5) is 25.6. The van der Waals surface area contributed by atoms with E-state index in [1.807, 2.05) is 23.1 Å². The van der Waals surface area contributed by atoms with Crippen molar-refractivity contribution in [3.8, 4) is 11.4 Å². The number of nitrogens with one attached hydrogen (secondary N) is 1. The molecule has 1 aromatic carbocycles. The van der Waals surface area contributed by atoms with E-state index in [0.717, 1.165) is 48.8 Å². The zero-order valence-electron chi connectivity index (χ0n) is 15.6. The van der Waals surface area contributed by atoms with Crippen LogP contribution >= 0.6 is 0 Å². The maximum Gasteiger partial charge on any atom is 0.240 e. The lowest BCUT2D eigenvalue weighted by molar-refractivity contribution is -0.137. The molecule has 1 amide bonds. The third-order valence-electron chi connectivity index (χ3n) is 5.74. The van der Waals surface area contributed by atoms with Gasteiger partial charge in [-0.05, 0) is 32.9 Å². The van der Waals surface area contributed by atoms with Crippen molar-refractivity contribution < 1.29 is 4.79 Å². The zero-order valence-corrected chi connectivity index (χ0v) is 15.6. The summed E-state index contributed by atoms with van der Waals surface area (Å²) >= 11 is 0. The van der Waals surface area contributed by atoms with Crippen LogP contribution < -0.4 is 0 Å². The molecule has 0 aliphatic carbocycles. The predicted octanol–water partition coefficient (Wildman–Crippen LogP) is 3.23. The molecule has 0 unspecified atom stereocenters. The molecule has 1 aromatic heterocycles. The topological polar surface area (TPSA) is 52.2 Å². The molecular weight excluding hydrogens is 324 g/mol. The van der Waals surface area contributed by atoms with Crippen molar-refractivity contribution in [2.75, 3.05) is 19.6 Å². The maximum atomic E-state index is 13.0. The molecule has 1 saturated heterocycles. The molecule has 4 rings (SSSR count). The Labute approximate surface area is 155 Å². The Morgan fingerprint density at radius 3 is 2.54 bits per heavy atom. The number of hydrogen-bond donors (Lipinski definition) is 1. The molecule has 3 heterocycles. The van der Waals surface area contributed by atoms with Crippen LogP contribution in [0.1, 0.15) is 44.0 Å². The third-order valence-corrected chi connectivity index (χ3v) is 5.74. The van der Waals surface area contributed by atoms with E-state index in [-0.39, 0.29) is 11.9 Å². The fraction of sp³-hybridized carbons (Fsp3) is 0.524. The number of amides is 1. The van der Waals surface area contributed by atoms with Crippen molar-refractivity contribution in [3.63, 3.8) is 0 Å². The van der Waals surface area contributed by atoms with Crippen LogP contribution in [0.5, 0.6) is 0 Å². The second-order valence-corrected chi connectivity index (χ2v) is 7.51. The number of carbonyl (C=O) groups excluding carboxylic acids is 1. The molecule has 0 spiro atoms. The van der Waals surface area contributed by atoms with Crippen molar-refractivity contribution >= 4 is 5.91 Å². The van der Waals surface area contributed by atoms with Gasteiger partial charge in [-0.3, -0.25) is 9.69 Å². The van der Waals surface area contributed by atoms with Crippen LogP contribution in [0.4, 0.5) is 0 Å². The average molecular weight is 352 g/mol. The minimum Gasteiger partial charge on any atom is -0.340 e. The van der Waals surface area contributed by atoms with Gasteiger partial charge in [0.1, 0.15) is 5.82 Å². The normalized spacial score (nSPS) is 19.7. The van der Waals surface area contributed by atoms with Crippen molar-refractivity contribution in [1.82, 2.24) is 19.8 Å². The van der Waals surface area contributed by atoms with Gasteiger partial charge in [-0.25, -0.2) is 4.98 Å². The van der Waals surface area contributed by atoms with Gasteiger partial charge in [-0.2, -0.15) is 0 Å². The Morgan fingerprint density at radius 1 is 1.08 bits per heavy atom. The Balaban J connectivity index is 1.46. The highest BCUT2D eigenvalue weighted by molar-refractivity contribution is 5.81. The van der Waals surface area contributed by atoms with Crippen molar-refractivity contribution in [3.05, 3.63) is 41.7 Å². The van der Waals surface area contributed by atoms with E-state index < -0.39 is 0 Å². The zero-order chi connectivity index (χ0) is 17.9.